The minimum absolute atomic E-state index is 0.134. The van der Waals surface area contributed by atoms with Gasteiger partial charge < -0.3 is 27.4 Å². The molecular weight excluding hydrogens is 565 g/mol. The predicted octanol–water partition coefficient (Wildman–Crippen LogP) is 3.14. The molecule has 0 aliphatic rings. The Balaban J connectivity index is 1.38. The van der Waals surface area contributed by atoms with Crippen LogP contribution in [0.5, 0.6) is 0 Å². The molecule has 4 aromatic rings. The molecule has 0 bridgehead atoms. The summed E-state index contributed by atoms with van der Waals surface area (Å²) in [6.45, 7) is 3.24. The monoisotopic (exact) mass is 600 g/mol. The Morgan fingerprint density at radius 1 is 1.09 bits per heavy atom. The van der Waals surface area contributed by atoms with E-state index in [1.54, 1.807) is 12.1 Å². The molecule has 230 valence electrons. The van der Waals surface area contributed by atoms with Crippen molar-refractivity contribution in [2.45, 2.75) is 51.2 Å². The average molecular weight is 601 g/mol. The van der Waals surface area contributed by atoms with Crippen LogP contribution in [-0.4, -0.2) is 62.1 Å². The van der Waals surface area contributed by atoms with E-state index < -0.39 is 17.9 Å². The molecule has 0 aliphatic carbocycles. The van der Waals surface area contributed by atoms with Gasteiger partial charge >= 0.3 is 6.18 Å². The molecule has 0 radical (unpaired) electrons. The van der Waals surface area contributed by atoms with Gasteiger partial charge in [-0.25, -0.2) is 9.97 Å². The fourth-order valence-electron chi connectivity index (χ4n) is 4.59. The molecule has 1 atom stereocenters. The Morgan fingerprint density at radius 2 is 1.88 bits per heavy atom. The second-order valence-corrected chi connectivity index (χ2v) is 9.91. The third kappa shape index (κ3) is 7.67. The minimum atomic E-state index is -4.61. The summed E-state index contributed by atoms with van der Waals surface area (Å²) >= 11 is 0. The predicted molar refractivity (Wildman–Crippen MR) is 156 cm³/mol. The summed E-state index contributed by atoms with van der Waals surface area (Å²) in [5.41, 5.74) is 12.7. The number of carbonyl (C=O) groups is 2. The van der Waals surface area contributed by atoms with E-state index in [1.165, 1.54) is 23.0 Å². The van der Waals surface area contributed by atoms with Gasteiger partial charge in [0.05, 0.1) is 29.7 Å². The number of benzene rings is 1. The molecule has 1 aromatic carbocycles. The van der Waals surface area contributed by atoms with E-state index >= 15 is 0 Å². The molecule has 4 rings (SSSR count). The summed E-state index contributed by atoms with van der Waals surface area (Å²) in [5, 5.41) is 14.4. The van der Waals surface area contributed by atoms with Gasteiger partial charge in [0.1, 0.15) is 5.69 Å². The van der Waals surface area contributed by atoms with E-state index in [4.69, 9.17) is 11.5 Å². The number of alkyl halides is 3. The molecule has 3 aromatic heterocycles. The highest BCUT2D eigenvalue weighted by Gasteiger charge is 2.36. The van der Waals surface area contributed by atoms with Gasteiger partial charge in [0, 0.05) is 36.7 Å². The molecule has 12 nitrogen and oxygen atoms in total. The van der Waals surface area contributed by atoms with Crippen molar-refractivity contribution < 1.29 is 22.8 Å². The molecule has 0 saturated carbocycles. The number of nitrogens with zero attached hydrogens (tertiary/aromatic N) is 4. The van der Waals surface area contributed by atoms with Crippen LogP contribution in [0, 0.1) is 0 Å². The van der Waals surface area contributed by atoms with Crippen molar-refractivity contribution in [1.29, 1.82) is 0 Å². The number of nitrogens with one attached hydrogen (secondary N) is 4. The first-order valence-corrected chi connectivity index (χ1v) is 14.0. The zero-order chi connectivity index (χ0) is 31.0. The molecule has 2 amide bonds. The van der Waals surface area contributed by atoms with Gasteiger partial charge in [-0.3, -0.25) is 19.1 Å². The number of fused-ring (bicyclic) bond motifs is 1. The minimum Gasteiger partial charge on any atom is -0.355 e. The first-order valence-electron chi connectivity index (χ1n) is 14.0. The van der Waals surface area contributed by atoms with Gasteiger partial charge in [-0.15, -0.1) is 0 Å². The number of unbranched alkanes of at least 4 members (excludes halogenated alkanes) is 1. The zero-order valence-electron chi connectivity index (χ0n) is 23.7. The smallest absolute Gasteiger partial charge is 0.355 e. The fraction of sp³-hybridized carbons (Fsp3) is 0.393. The highest BCUT2D eigenvalue weighted by molar-refractivity contribution is 5.96. The third-order valence-corrected chi connectivity index (χ3v) is 6.86. The molecule has 0 spiro atoms. The summed E-state index contributed by atoms with van der Waals surface area (Å²) in [5.74, 6) is -0.137. The Hall–Kier alpha value is -4.50. The molecule has 8 N–H and O–H groups in total. The van der Waals surface area contributed by atoms with E-state index in [0.717, 1.165) is 24.6 Å². The zero-order valence-corrected chi connectivity index (χ0v) is 23.7. The lowest BCUT2D eigenvalue weighted by Crippen LogP contribution is -2.41. The number of amides is 2. The van der Waals surface area contributed by atoms with Crippen LogP contribution in [0.2, 0.25) is 0 Å². The molecule has 0 aliphatic heterocycles. The lowest BCUT2D eigenvalue weighted by molar-refractivity contribution is -0.140. The van der Waals surface area contributed by atoms with Gasteiger partial charge in [0.2, 0.25) is 5.91 Å². The van der Waals surface area contributed by atoms with Crippen molar-refractivity contribution in [2.75, 3.05) is 25.0 Å². The van der Waals surface area contributed by atoms with Crippen LogP contribution in [0.4, 0.5) is 24.7 Å². The highest BCUT2D eigenvalue weighted by Crippen LogP contribution is 2.36. The van der Waals surface area contributed by atoms with Crippen molar-refractivity contribution in [3.05, 3.63) is 59.8 Å². The number of aryl methyl sites for hydroxylation is 1. The number of aromatic amines is 1. The normalized spacial score (nSPS) is 12.3. The van der Waals surface area contributed by atoms with Gasteiger partial charge in [0.25, 0.3) is 5.91 Å². The van der Waals surface area contributed by atoms with Gasteiger partial charge in [-0.05, 0) is 56.0 Å². The number of halogens is 3. The number of rotatable bonds is 14. The van der Waals surface area contributed by atoms with Crippen molar-refractivity contribution in [3.63, 3.8) is 0 Å². The first kappa shape index (κ1) is 31.4. The quantitative estimate of drug-likeness (QED) is 0.119. The average Bonchev–Trinajstić information content (AvgIpc) is 3.65. The van der Waals surface area contributed by atoms with Crippen molar-refractivity contribution >= 4 is 29.0 Å². The Labute approximate surface area is 245 Å². The van der Waals surface area contributed by atoms with Crippen LogP contribution >= 0.6 is 0 Å². The maximum Gasteiger partial charge on any atom is 0.433 e. The number of imidazole rings is 1. The van der Waals surface area contributed by atoms with Crippen molar-refractivity contribution in [2.24, 2.45) is 11.5 Å². The van der Waals surface area contributed by atoms with Crippen LogP contribution in [0.15, 0.2) is 43.0 Å². The number of nitrogens with two attached hydrogens (primary N) is 2. The lowest BCUT2D eigenvalue weighted by atomic mass is 10.0. The molecule has 15 heteroatoms. The van der Waals surface area contributed by atoms with E-state index in [2.05, 4.69) is 31.0 Å². The maximum absolute atomic E-state index is 13.4. The van der Waals surface area contributed by atoms with E-state index in [1.807, 2.05) is 18.1 Å². The SMILES string of the molecule is CCc1cc(Nc2nccn3c(-c4cn[nH]c4C(F)(F)F)cnc23)ccc1C(=O)NCCCNC(=O)C(N)CCCCN. The van der Waals surface area contributed by atoms with Crippen LogP contribution in [-0.2, 0) is 17.4 Å². The number of H-pyrrole nitrogens is 1. The third-order valence-electron chi connectivity index (χ3n) is 6.86. The topological polar surface area (TPSA) is 181 Å². The van der Waals surface area contributed by atoms with E-state index in [-0.39, 0.29) is 23.1 Å². The van der Waals surface area contributed by atoms with Crippen molar-refractivity contribution in [1.82, 2.24) is 35.2 Å². The fourth-order valence-corrected chi connectivity index (χ4v) is 4.59. The summed E-state index contributed by atoms with van der Waals surface area (Å²) in [6.07, 6.45) is 4.11. The standard InChI is InChI=1S/C28H35F3N10O2/c1-2-17-14-18(7-8-19(17)26(42)35-10-5-11-36-27(43)21(33)6-3-4-9-32)39-24-25-37-16-22(41(25)13-12-34-24)20-15-38-40-23(20)28(29,30)31/h7-8,12-16,21H,2-6,9-11,32-33H2,1H3,(H,34,39)(H,35,42)(H,36,43)(H,38,40). The van der Waals surface area contributed by atoms with E-state index in [0.29, 0.717) is 61.6 Å². The molecule has 0 fully saturated rings. The van der Waals surface area contributed by atoms with Crippen LogP contribution < -0.4 is 27.4 Å². The van der Waals surface area contributed by atoms with Gasteiger partial charge in [-0.1, -0.05) is 13.3 Å². The van der Waals surface area contributed by atoms with Crippen LogP contribution in [0.25, 0.3) is 16.9 Å². The van der Waals surface area contributed by atoms with Crippen LogP contribution in [0.3, 0.4) is 0 Å². The number of hydrogen-bond acceptors (Lipinski definition) is 8. The lowest BCUT2D eigenvalue weighted by Gasteiger charge is -2.14. The summed E-state index contributed by atoms with van der Waals surface area (Å²) in [4.78, 5) is 33.5. The van der Waals surface area contributed by atoms with Crippen LogP contribution in [0.1, 0.15) is 54.2 Å². The van der Waals surface area contributed by atoms with E-state index in [9.17, 15) is 22.8 Å². The number of hydrogen-bond donors (Lipinski definition) is 6. The molecular formula is C28H35F3N10O2. The highest BCUT2D eigenvalue weighted by atomic mass is 19.4. The number of aromatic nitrogens is 5. The molecule has 43 heavy (non-hydrogen) atoms. The summed E-state index contributed by atoms with van der Waals surface area (Å²) < 4.78 is 41.8. The molecule has 1 unspecified atom stereocenters. The number of anilines is 2. The van der Waals surface area contributed by atoms with Gasteiger partial charge in [0.15, 0.2) is 11.5 Å². The second-order valence-electron chi connectivity index (χ2n) is 9.91. The van der Waals surface area contributed by atoms with Gasteiger partial charge in [-0.2, -0.15) is 18.3 Å². The second kappa shape index (κ2) is 14.1. The summed E-state index contributed by atoms with van der Waals surface area (Å²) in [7, 11) is 0. The molecule has 3 heterocycles. The van der Waals surface area contributed by atoms with Crippen molar-refractivity contribution in [3.8, 4) is 11.3 Å². The summed E-state index contributed by atoms with van der Waals surface area (Å²) in [6, 6.07) is 4.65. The largest absolute Gasteiger partial charge is 0.433 e. The maximum atomic E-state index is 13.4. The number of carbonyl (C=O) groups excluding carboxylic acids is 2. The first-order chi connectivity index (χ1) is 20.6. The Kier molecular flexibility index (Phi) is 10.3. The molecule has 0 saturated heterocycles. The Bertz CT molecular complexity index is 1550. The Morgan fingerprint density at radius 3 is 2.63 bits per heavy atom.